The summed E-state index contributed by atoms with van der Waals surface area (Å²) in [5.41, 5.74) is 1.65. The number of ether oxygens (including phenoxy) is 1. The van der Waals surface area contributed by atoms with Crippen LogP contribution in [0, 0.1) is 5.82 Å². The third kappa shape index (κ3) is 3.02. The number of hydrogen-bond acceptors (Lipinski definition) is 2. The molecule has 0 saturated carbocycles. The Morgan fingerprint density at radius 2 is 2.05 bits per heavy atom. The first-order valence-electron chi connectivity index (χ1n) is 6.47. The van der Waals surface area contributed by atoms with Crippen LogP contribution in [0.1, 0.15) is 0 Å². The molecule has 0 aliphatic rings. The molecule has 0 radical (unpaired) electrons. The van der Waals surface area contributed by atoms with E-state index >= 15 is 0 Å². The van der Waals surface area contributed by atoms with Gasteiger partial charge in [0.2, 0.25) is 0 Å². The second-order valence-corrected chi connectivity index (χ2v) is 4.54. The summed E-state index contributed by atoms with van der Waals surface area (Å²) in [7, 11) is 0. The monoisotopic (exact) mass is 284 g/mol. The molecular formula is C16H13FN2O2. The maximum Gasteiger partial charge on any atom is 0.262 e. The summed E-state index contributed by atoms with van der Waals surface area (Å²) < 4.78 is 18.2. The van der Waals surface area contributed by atoms with E-state index in [1.807, 2.05) is 30.5 Å². The highest BCUT2D eigenvalue weighted by Gasteiger charge is 2.07. The summed E-state index contributed by atoms with van der Waals surface area (Å²) in [5.74, 6) is -0.372. The summed E-state index contributed by atoms with van der Waals surface area (Å²) in [6.07, 6.45) is 1.81. The molecule has 3 aromatic rings. The van der Waals surface area contributed by atoms with E-state index in [-0.39, 0.29) is 12.5 Å². The zero-order valence-corrected chi connectivity index (χ0v) is 11.1. The van der Waals surface area contributed by atoms with Gasteiger partial charge in [0.15, 0.2) is 6.61 Å². The van der Waals surface area contributed by atoms with Gasteiger partial charge in [-0.05, 0) is 30.3 Å². The van der Waals surface area contributed by atoms with Crippen LogP contribution in [0.25, 0.3) is 10.9 Å². The first-order chi connectivity index (χ1) is 10.2. The normalized spacial score (nSPS) is 10.5. The zero-order valence-electron chi connectivity index (χ0n) is 11.1. The van der Waals surface area contributed by atoms with Gasteiger partial charge < -0.3 is 15.0 Å². The maximum absolute atomic E-state index is 13.0. The highest BCUT2D eigenvalue weighted by molar-refractivity contribution is 6.01. The minimum Gasteiger partial charge on any atom is -0.484 e. The van der Waals surface area contributed by atoms with Crippen molar-refractivity contribution in [2.45, 2.75) is 0 Å². The number of carbonyl (C=O) groups excluding carboxylic acids is 1. The number of halogens is 1. The number of aromatic amines is 1. The number of benzene rings is 2. The van der Waals surface area contributed by atoms with Crippen LogP contribution in [0.15, 0.2) is 54.7 Å². The molecule has 0 aliphatic heterocycles. The van der Waals surface area contributed by atoms with Crippen molar-refractivity contribution in [1.29, 1.82) is 0 Å². The van der Waals surface area contributed by atoms with Crippen molar-refractivity contribution in [1.82, 2.24) is 4.98 Å². The molecule has 2 aromatic carbocycles. The van der Waals surface area contributed by atoms with Crippen LogP contribution in [-0.2, 0) is 4.79 Å². The molecule has 0 saturated heterocycles. The van der Waals surface area contributed by atoms with Gasteiger partial charge in [0.05, 0.1) is 5.69 Å². The fraction of sp³-hybridized carbons (Fsp3) is 0.0625. The van der Waals surface area contributed by atoms with E-state index in [9.17, 15) is 9.18 Å². The molecule has 4 nitrogen and oxygen atoms in total. The molecule has 5 heteroatoms. The lowest BCUT2D eigenvalue weighted by molar-refractivity contribution is -0.118. The largest absolute Gasteiger partial charge is 0.484 e. The summed E-state index contributed by atoms with van der Waals surface area (Å²) >= 11 is 0. The number of fused-ring (bicyclic) bond motifs is 1. The molecular weight excluding hydrogens is 271 g/mol. The average Bonchev–Trinajstić information content (AvgIpc) is 2.95. The summed E-state index contributed by atoms with van der Waals surface area (Å²) in [5, 5.41) is 3.71. The molecule has 0 unspecified atom stereocenters. The van der Waals surface area contributed by atoms with Gasteiger partial charge in [0.1, 0.15) is 11.6 Å². The molecule has 0 aliphatic carbocycles. The van der Waals surface area contributed by atoms with Crippen LogP contribution in [0.4, 0.5) is 10.1 Å². The van der Waals surface area contributed by atoms with Crippen molar-refractivity contribution in [3.8, 4) is 5.75 Å². The molecule has 0 atom stereocenters. The van der Waals surface area contributed by atoms with E-state index in [2.05, 4.69) is 10.3 Å². The number of amides is 1. The van der Waals surface area contributed by atoms with E-state index in [4.69, 9.17) is 4.74 Å². The molecule has 0 spiro atoms. The third-order valence-corrected chi connectivity index (χ3v) is 3.04. The van der Waals surface area contributed by atoms with E-state index in [1.165, 1.54) is 18.2 Å². The Hall–Kier alpha value is -2.82. The summed E-state index contributed by atoms with van der Waals surface area (Å²) in [6, 6.07) is 13.2. The number of nitrogens with one attached hydrogen (secondary N) is 2. The number of anilines is 1. The Morgan fingerprint density at radius 3 is 2.90 bits per heavy atom. The lowest BCUT2D eigenvalue weighted by Crippen LogP contribution is -2.20. The van der Waals surface area contributed by atoms with Gasteiger partial charge in [-0.2, -0.15) is 0 Å². The van der Waals surface area contributed by atoms with Gasteiger partial charge in [0, 0.05) is 23.2 Å². The Bertz CT molecular complexity index is 783. The molecule has 1 aromatic heterocycles. The van der Waals surface area contributed by atoms with E-state index in [0.29, 0.717) is 11.4 Å². The van der Waals surface area contributed by atoms with Crippen molar-refractivity contribution in [3.05, 3.63) is 60.5 Å². The second-order valence-electron chi connectivity index (χ2n) is 4.54. The molecule has 0 fully saturated rings. The number of rotatable bonds is 4. The van der Waals surface area contributed by atoms with Crippen molar-refractivity contribution in [3.63, 3.8) is 0 Å². The first kappa shape index (κ1) is 13.2. The van der Waals surface area contributed by atoms with Crippen LogP contribution in [-0.4, -0.2) is 17.5 Å². The van der Waals surface area contributed by atoms with Gasteiger partial charge >= 0.3 is 0 Å². The van der Waals surface area contributed by atoms with Gasteiger partial charge in [-0.25, -0.2) is 4.39 Å². The highest BCUT2D eigenvalue weighted by Crippen LogP contribution is 2.22. The lowest BCUT2D eigenvalue weighted by Gasteiger charge is -2.08. The van der Waals surface area contributed by atoms with Gasteiger partial charge in [0.25, 0.3) is 5.91 Å². The molecule has 21 heavy (non-hydrogen) atoms. The molecule has 2 N–H and O–H groups in total. The molecule has 1 amide bonds. The smallest absolute Gasteiger partial charge is 0.262 e. The standard InChI is InChI=1S/C16H13FN2O2/c17-11-3-1-4-12(9-11)21-10-16(20)19-15-6-2-5-14-13(15)7-8-18-14/h1-9,18H,10H2,(H,19,20). The van der Waals surface area contributed by atoms with Crippen molar-refractivity contribution in [2.24, 2.45) is 0 Å². The molecule has 106 valence electrons. The van der Waals surface area contributed by atoms with Crippen LogP contribution in [0.3, 0.4) is 0 Å². The SMILES string of the molecule is O=C(COc1cccc(F)c1)Nc1cccc2[nH]ccc12. The van der Waals surface area contributed by atoms with Crippen molar-refractivity contribution < 1.29 is 13.9 Å². The zero-order chi connectivity index (χ0) is 14.7. The second kappa shape index (κ2) is 5.66. The van der Waals surface area contributed by atoms with E-state index in [0.717, 1.165) is 10.9 Å². The van der Waals surface area contributed by atoms with Gasteiger partial charge in [-0.3, -0.25) is 4.79 Å². The fourth-order valence-corrected chi connectivity index (χ4v) is 2.09. The quantitative estimate of drug-likeness (QED) is 0.772. The maximum atomic E-state index is 13.0. The third-order valence-electron chi connectivity index (χ3n) is 3.04. The molecule has 0 bridgehead atoms. The Kier molecular flexibility index (Phi) is 3.55. The Morgan fingerprint density at radius 1 is 1.19 bits per heavy atom. The predicted molar refractivity (Wildman–Crippen MR) is 78.8 cm³/mol. The first-order valence-corrected chi connectivity index (χ1v) is 6.47. The molecule has 3 rings (SSSR count). The Balaban J connectivity index is 1.65. The number of aromatic nitrogens is 1. The average molecular weight is 284 g/mol. The van der Waals surface area contributed by atoms with E-state index < -0.39 is 5.82 Å². The summed E-state index contributed by atoms with van der Waals surface area (Å²) in [6.45, 7) is -0.176. The van der Waals surface area contributed by atoms with Crippen LogP contribution >= 0.6 is 0 Å². The Labute approximate surface area is 120 Å². The number of H-pyrrole nitrogens is 1. The fourth-order valence-electron chi connectivity index (χ4n) is 2.09. The lowest BCUT2D eigenvalue weighted by atomic mass is 10.2. The topological polar surface area (TPSA) is 54.1 Å². The van der Waals surface area contributed by atoms with Crippen LogP contribution in [0.5, 0.6) is 5.75 Å². The number of carbonyl (C=O) groups is 1. The summed E-state index contributed by atoms with van der Waals surface area (Å²) in [4.78, 5) is 15.0. The van der Waals surface area contributed by atoms with Crippen LogP contribution in [0.2, 0.25) is 0 Å². The van der Waals surface area contributed by atoms with Crippen LogP contribution < -0.4 is 10.1 Å². The minimum atomic E-state index is -0.398. The van der Waals surface area contributed by atoms with Gasteiger partial charge in [-0.1, -0.05) is 12.1 Å². The minimum absolute atomic E-state index is 0.176. The van der Waals surface area contributed by atoms with Crippen molar-refractivity contribution in [2.75, 3.05) is 11.9 Å². The predicted octanol–water partition coefficient (Wildman–Crippen LogP) is 3.32. The van der Waals surface area contributed by atoms with Gasteiger partial charge in [-0.15, -0.1) is 0 Å². The highest BCUT2D eigenvalue weighted by atomic mass is 19.1. The number of hydrogen-bond donors (Lipinski definition) is 2. The molecule has 1 heterocycles. The van der Waals surface area contributed by atoms with Crippen molar-refractivity contribution >= 4 is 22.5 Å². The van der Waals surface area contributed by atoms with E-state index in [1.54, 1.807) is 6.07 Å².